The van der Waals surface area contributed by atoms with E-state index in [9.17, 15) is 20.2 Å². The van der Waals surface area contributed by atoms with Crippen LogP contribution in [-0.2, 0) is 17.8 Å². The number of aryl methyl sites for hydroxylation is 1. The van der Waals surface area contributed by atoms with Gasteiger partial charge in [-0.05, 0) is 32.4 Å². The highest BCUT2D eigenvalue weighted by atomic mass is 16.6. The number of piperazine rings is 1. The molecular weight excluding hydrogens is 410 g/mol. The lowest BCUT2D eigenvalue weighted by Gasteiger charge is -2.38. The second-order valence-electron chi connectivity index (χ2n) is 8.78. The average Bonchev–Trinajstić information content (AvgIpc) is 2.78. The number of fused-ring (bicyclic) bond motifs is 1. The van der Waals surface area contributed by atoms with Crippen LogP contribution in [0.3, 0.4) is 0 Å². The number of nitro groups is 1. The Labute approximate surface area is 186 Å². The molecule has 0 bridgehead atoms. The van der Waals surface area contributed by atoms with Gasteiger partial charge in [0.05, 0.1) is 22.7 Å². The summed E-state index contributed by atoms with van der Waals surface area (Å²) in [6.07, 6.45) is 0.646. The summed E-state index contributed by atoms with van der Waals surface area (Å²) in [5.41, 5.74) is 3.29. The van der Waals surface area contributed by atoms with E-state index in [-0.39, 0.29) is 17.2 Å². The Morgan fingerprint density at radius 3 is 2.62 bits per heavy atom. The highest BCUT2D eigenvalue weighted by Crippen LogP contribution is 2.35. The number of aromatic nitrogens is 1. The first-order chi connectivity index (χ1) is 15.2. The minimum absolute atomic E-state index is 0.103. The van der Waals surface area contributed by atoms with Crippen LogP contribution in [0.2, 0.25) is 0 Å². The van der Waals surface area contributed by atoms with Gasteiger partial charge in [0.25, 0.3) is 11.6 Å². The number of non-ortho nitro benzene ring substituents is 1. The maximum absolute atomic E-state index is 12.9. The lowest BCUT2D eigenvalue weighted by molar-refractivity contribution is -0.384. The fourth-order valence-corrected chi connectivity index (χ4v) is 4.32. The molecule has 0 radical (unpaired) electrons. The van der Waals surface area contributed by atoms with Gasteiger partial charge in [-0.15, -0.1) is 0 Å². The van der Waals surface area contributed by atoms with Crippen molar-refractivity contribution in [3.8, 4) is 6.07 Å². The van der Waals surface area contributed by atoms with Crippen molar-refractivity contribution in [2.75, 3.05) is 31.1 Å². The van der Waals surface area contributed by atoms with Crippen LogP contribution in [0, 0.1) is 28.4 Å². The summed E-state index contributed by atoms with van der Waals surface area (Å²) in [7, 11) is 0. The predicted molar refractivity (Wildman–Crippen MR) is 117 cm³/mol. The highest BCUT2D eigenvalue weighted by Gasteiger charge is 2.33. The van der Waals surface area contributed by atoms with Gasteiger partial charge >= 0.3 is 0 Å². The first kappa shape index (κ1) is 21.7. The van der Waals surface area contributed by atoms with E-state index in [1.165, 1.54) is 18.2 Å². The largest absolute Gasteiger partial charge is 0.370 e. The molecule has 1 aromatic carbocycles. The molecule has 0 saturated carbocycles. The number of anilines is 1. The monoisotopic (exact) mass is 435 g/mol. The Morgan fingerprint density at radius 2 is 1.97 bits per heavy atom. The van der Waals surface area contributed by atoms with Crippen LogP contribution in [0.5, 0.6) is 0 Å². The van der Waals surface area contributed by atoms with Crippen LogP contribution in [-0.4, -0.2) is 52.5 Å². The molecule has 2 aromatic rings. The Bertz CT molecular complexity index is 1130. The molecule has 0 atom stereocenters. The van der Waals surface area contributed by atoms with Gasteiger partial charge in [0.1, 0.15) is 11.9 Å². The molecule has 1 amide bonds. The van der Waals surface area contributed by atoms with Crippen LogP contribution < -0.4 is 4.90 Å². The number of pyridine rings is 1. The lowest BCUT2D eigenvalue weighted by atomic mass is 9.88. The summed E-state index contributed by atoms with van der Waals surface area (Å²) in [6.45, 7) is 8.36. The fraction of sp³-hybridized carbons (Fsp3) is 0.435. The Hall–Kier alpha value is -3.51. The number of nitrogens with zero attached hydrogens (tertiary/aromatic N) is 5. The molecule has 0 N–H and O–H groups in total. The van der Waals surface area contributed by atoms with Gasteiger partial charge in [-0.2, -0.15) is 5.26 Å². The number of nitriles is 1. The molecule has 1 aromatic heterocycles. The van der Waals surface area contributed by atoms with Crippen molar-refractivity contribution in [3.05, 3.63) is 62.3 Å². The number of rotatable bonds is 3. The first-order valence-corrected chi connectivity index (χ1v) is 10.6. The summed E-state index contributed by atoms with van der Waals surface area (Å²) < 4.78 is 5.91. The zero-order valence-corrected chi connectivity index (χ0v) is 18.4. The average molecular weight is 435 g/mol. The van der Waals surface area contributed by atoms with Gasteiger partial charge in [0, 0.05) is 61.6 Å². The quantitative estimate of drug-likeness (QED) is 0.538. The number of amides is 1. The topological polar surface area (TPSA) is 113 Å². The smallest absolute Gasteiger partial charge is 0.270 e. The summed E-state index contributed by atoms with van der Waals surface area (Å²) in [6, 6.07) is 8.15. The predicted octanol–water partition coefficient (Wildman–Crippen LogP) is 2.98. The number of nitro benzene ring substituents is 1. The van der Waals surface area contributed by atoms with Crippen LogP contribution >= 0.6 is 0 Å². The number of hydrogen-bond donors (Lipinski definition) is 0. The normalized spacial score (nSPS) is 17.4. The minimum atomic E-state index is -0.505. The Balaban J connectivity index is 1.54. The van der Waals surface area contributed by atoms with Crippen molar-refractivity contribution in [3.63, 3.8) is 0 Å². The second-order valence-corrected chi connectivity index (χ2v) is 8.78. The number of benzene rings is 1. The summed E-state index contributed by atoms with van der Waals surface area (Å²) >= 11 is 0. The summed E-state index contributed by atoms with van der Waals surface area (Å²) in [4.78, 5) is 31.8. The zero-order chi connectivity index (χ0) is 23.0. The van der Waals surface area contributed by atoms with Gasteiger partial charge in [-0.3, -0.25) is 14.9 Å². The van der Waals surface area contributed by atoms with E-state index in [0.29, 0.717) is 56.2 Å². The van der Waals surface area contributed by atoms with E-state index in [1.54, 1.807) is 11.0 Å². The number of hydrogen-bond acceptors (Lipinski definition) is 7. The summed E-state index contributed by atoms with van der Waals surface area (Å²) in [5.74, 6) is 0.422. The van der Waals surface area contributed by atoms with Crippen molar-refractivity contribution < 1.29 is 14.5 Å². The molecule has 0 aliphatic carbocycles. The summed E-state index contributed by atoms with van der Waals surface area (Å²) in [5, 5.41) is 21.0. The van der Waals surface area contributed by atoms with Crippen LogP contribution in [0.25, 0.3) is 0 Å². The van der Waals surface area contributed by atoms with Gasteiger partial charge in [0.2, 0.25) is 0 Å². The van der Waals surface area contributed by atoms with Crippen molar-refractivity contribution >= 4 is 17.4 Å². The van der Waals surface area contributed by atoms with E-state index in [0.717, 1.165) is 16.8 Å². The van der Waals surface area contributed by atoms with Crippen molar-refractivity contribution in [2.24, 2.45) is 0 Å². The maximum atomic E-state index is 12.9. The zero-order valence-electron chi connectivity index (χ0n) is 18.4. The third-order valence-electron chi connectivity index (χ3n) is 6.09. The van der Waals surface area contributed by atoms with E-state index in [2.05, 4.69) is 6.07 Å². The van der Waals surface area contributed by atoms with Gasteiger partial charge < -0.3 is 14.5 Å². The van der Waals surface area contributed by atoms with Crippen molar-refractivity contribution in [2.45, 2.75) is 39.4 Å². The Morgan fingerprint density at radius 1 is 1.25 bits per heavy atom. The molecule has 9 nitrogen and oxygen atoms in total. The molecule has 166 valence electrons. The Kier molecular flexibility index (Phi) is 5.57. The van der Waals surface area contributed by atoms with Crippen molar-refractivity contribution in [1.82, 2.24) is 9.88 Å². The van der Waals surface area contributed by atoms with Crippen molar-refractivity contribution in [1.29, 1.82) is 5.26 Å². The molecule has 2 aliphatic heterocycles. The van der Waals surface area contributed by atoms with E-state index in [4.69, 9.17) is 9.72 Å². The maximum Gasteiger partial charge on any atom is 0.270 e. The van der Waals surface area contributed by atoms with Gasteiger partial charge in [-0.1, -0.05) is 6.07 Å². The van der Waals surface area contributed by atoms with E-state index in [1.807, 2.05) is 25.7 Å². The number of ether oxygens (including phenoxy) is 1. The number of carbonyl (C=O) groups excluding carboxylic acids is 1. The van der Waals surface area contributed by atoms with E-state index < -0.39 is 4.92 Å². The molecule has 9 heteroatoms. The lowest BCUT2D eigenvalue weighted by Crippen LogP contribution is -2.49. The van der Waals surface area contributed by atoms with Gasteiger partial charge in [-0.25, -0.2) is 4.98 Å². The number of carbonyl (C=O) groups is 1. The molecule has 3 heterocycles. The molecule has 0 spiro atoms. The third-order valence-corrected chi connectivity index (χ3v) is 6.09. The molecule has 1 fully saturated rings. The SMILES string of the molecule is Cc1nc(N2CCN(C(=O)c3cccc([N+](=O)[O-])c3)CC2)c(C#N)c2c1COC(C)(C)C2. The fourth-order valence-electron chi connectivity index (χ4n) is 4.32. The van der Waals surface area contributed by atoms with Crippen LogP contribution in [0.4, 0.5) is 11.5 Å². The third kappa shape index (κ3) is 4.01. The van der Waals surface area contributed by atoms with Crippen LogP contribution in [0.1, 0.15) is 46.6 Å². The van der Waals surface area contributed by atoms with Gasteiger partial charge in [0.15, 0.2) is 0 Å². The molecule has 0 unspecified atom stereocenters. The molecule has 2 aliphatic rings. The van der Waals surface area contributed by atoms with Crippen LogP contribution in [0.15, 0.2) is 24.3 Å². The standard InChI is InChI=1S/C23H25N5O4/c1-15-20-14-32-23(2,3)12-18(20)19(13-24)21(25-15)26-7-9-27(10-8-26)22(29)16-5-4-6-17(11-16)28(30)31/h4-6,11H,7-10,12,14H2,1-3H3. The second kappa shape index (κ2) is 8.20. The highest BCUT2D eigenvalue weighted by molar-refractivity contribution is 5.95. The minimum Gasteiger partial charge on any atom is -0.370 e. The first-order valence-electron chi connectivity index (χ1n) is 10.6. The molecular formula is C23H25N5O4. The molecule has 1 saturated heterocycles. The van der Waals surface area contributed by atoms with E-state index >= 15 is 0 Å². The molecule has 4 rings (SSSR count). The molecule has 32 heavy (non-hydrogen) atoms.